The van der Waals surface area contributed by atoms with E-state index in [0.717, 1.165) is 11.4 Å². The number of benzene rings is 10. The van der Waals surface area contributed by atoms with Gasteiger partial charge in [0, 0.05) is 73.9 Å². The van der Waals surface area contributed by atoms with Crippen LogP contribution in [0.5, 0.6) is 0 Å². The van der Waals surface area contributed by atoms with Crippen molar-refractivity contribution in [3.8, 4) is 0 Å². The van der Waals surface area contributed by atoms with Gasteiger partial charge in [-0.2, -0.15) is 0 Å². The molecule has 0 unspecified atom stereocenters. The second-order valence-electron chi connectivity index (χ2n) is 20.1. The molecule has 0 saturated heterocycles. The van der Waals surface area contributed by atoms with E-state index in [9.17, 15) is 0 Å². The van der Waals surface area contributed by atoms with Crippen LogP contribution in [-0.4, -0.2) is 0 Å². The topological polar surface area (TPSA) is 6.48 Å². The average Bonchev–Trinajstić information content (AvgIpc) is 4.00. The molecular formula is C66H54N2S2. The number of hydrogen-bond acceptors (Lipinski definition) is 4. The van der Waals surface area contributed by atoms with E-state index in [1.165, 1.54) is 171 Å². The summed E-state index contributed by atoms with van der Waals surface area (Å²) >= 11 is 3.78. The maximum atomic E-state index is 2.59. The maximum Gasteiger partial charge on any atom is 0.0546 e. The summed E-state index contributed by atoms with van der Waals surface area (Å²) in [5, 5.41) is 13.0. The Labute approximate surface area is 418 Å². The van der Waals surface area contributed by atoms with Crippen LogP contribution in [-0.2, 0) is 0 Å². The molecule has 0 bridgehead atoms. The number of thiophene rings is 2. The molecule has 0 radical (unpaired) electrons. The SMILES string of the molecule is c1ccc(N(c2ccc3sc4ccccc4c3c2)c2cc3c4ccc(C5CCCCC5)cc4c(N(c4ccccc4)c4ccc5sc6ccccc6c5c4)cc3c3ccc(C4CCCCC4)cc23)cc1. The summed E-state index contributed by atoms with van der Waals surface area (Å²) in [6.45, 7) is 0. The van der Waals surface area contributed by atoms with Gasteiger partial charge >= 0.3 is 0 Å². The predicted octanol–water partition coefficient (Wildman–Crippen LogP) is 20.9. The second kappa shape index (κ2) is 17.5. The first-order valence-electron chi connectivity index (χ1n) is 25.7. The molecule has 2 saturated carbocycles. The predicted molar refractivity (Wildman–Crippen MR) is 306 cm³/mol. The minimum atomic E-state index is 0.572. The molecule has 0 spiro atoms. The Bertz CT molecular complexity index is 3670. The molecule has 70 heavy (non-hydrogen) atoms. The van der Waals surface area contributed by atoms with Crippen LogP contribution in [0, 0.1) is 0 Å². The molecule has 0 aliphatic heterocycles. The third-order valence-electron chi connectivity index (χ3n) is 16.0. The Kier molecular flexibility index (Phi) is 10.5. The van der Waals surface area contributed by atoms with E-state index in [1.807, 2.05) is 22.7 Å². The molecule has 0 N–H and O–H groups in total. The van der Waals surface area contributed by atoms with Crippen molar-refractivity contribution in [2.24, 2.45) is 0 Å². The Morgan fingerprint density at radius 2 is 0.671 bits per heavy atom. The van der Waals surface area contributed by atoms with E-state index >= 15 is 0 Å². The summed E-state index contributed by atoms with van der Waals surface area (Å²) in [6.07, 6.45) is 12.9. The van der Waals surface area contributed by atoms with Gasteiger partial charge in [0.1, 0.15) is 0 Å². The first-order chi connectivity index (χ1) is 34.7. The van der Waals surface area contributed by atoms with Crippen LogP contribution in [0.1, 0.15) is 87.2 Å². The highest BCUT2D eigenvalue weighted by Crippen LogP contribution is 2.51. The summed E-state index contributed by atoms with van der Waals surface area (Å²) in [5.41, 5.74) is 10.1. The number of fused-ring (bicyclic) bond motifs is 11. The van der Waals surface area contributed by atoms with Gasteiger partial charge in [-0.05, 0) is 167 Å². The zero-order valence-electron chi connectivity index (χ0n) is 39.4. The van der Waals surface area contributed by atoms with E-state index in [0.29, 0.717) is 11.8 Å². The zero-order valence-corrected chi connectivity index (χ0v) is 41.0. The van der Waals surface area contributed by atoms with Crippen molar-refractivity contribution in [3.05, 3.63) is 205 Å². The van der Waals surface area contributed by atoms with E-state index in [4.69, 9.17) is 0 Å². The summed E-state index contributed by atoms with van der Waals surface area (Å²) in [4.78, 5) is 5.12. The summed E-state index contributed by atoms with van der Waals surface area (Å²) in [6, 6.07) is 74.6. The van der Waals surface area contributed by atoms with Crippen LogP contribution in [0.2, 0.25) is 0 Å². The molecule has 14 rings (SSSR count). The smallest absolute Gasteiger partial charge is 0.0546 e. The quantitative estimate of drug-likeness (QED) is 0.140. The van der Waals surface area contributed by atoms with Gasteiger partial charge < -0.3 is 9.80 Å². The van der Waals surface area contributed by atoms with Crippen LogP contribution in [0.3, 0.4) is 0 Å². The molecule has 2 aliphatic rings. The third-order valence-corrected chi connectivity index (χ3v) is 18.3. The minimum absolute atomic E-state index is 0.572. The van der Waals surface area contributed by atoms with Crippen LogP contribution in [0.15, 0.2) is 194 Å². The Morgan fingerprint density at radius 1 is 0.271 bits per heavy atom. The van der Waals surface area contributed by atoms with Gasteiger partial charge in [0.25, 0.3) is 0 Å². The second-order valence-corrected chi connectivity index (χ2v) is 22.2. The number of hydrogen-bond donors (Lipinski definition) is 0. The van der Waals surface area contributed by atoms with Crippen molar-refractivity contribution in [3.63, 3.8) is 0 Å². The summed E-state index contributed by atoms with van der Waals surface area (Å²) in [7, 11) is 0. The molecule has 2 aromatic heterocycles. The summed E-state index contributed by atoms with van der Waals surface area (Å²) in [5.74, 6) is 1.14. The van der Waals surface area contributed by atoms with Gasteiger partial charge in [-0.3, -0.25) is 0 Å². The largest absolute Gasteiger partial charge is 0.310 e. The lowest BCUT2D eigenvalue weighted by atomic mass is 9.82. The van der Waals surface area contributed by atoms with Gasteiger partial charge in [0.15, 0.2) is 0 Å². The van der Waals surface area contributed by atoms with Gasteiger partial charge in [0.05, 0.1) is 11.4 Å². The Balaban J connectivity index is 1.08. The lowest BCUT2D eigenvalue weighted by Crippen LogP contribution is -2.12. The molecule has 2 heterocycles. The zero-order chi connectivity index (χ0) is 46.1. The van der Waals surface area contributed by atoms with E-state index in [-0.39, 0.29) is 0 Å². The first-order valence-corrected chi connectivity index (χ1v) is 27.3. The molecule has 2 aliphatic carbocycles. The number of nitrogens with zero attached hydrogens (tertiary/aromatic N) is 2. The van der Waals surface area contributed by atoms with Crippen molar-refractivity contribution in [1.82, 2.24) is 0 Å². The first kappa shape index (κ1) is 41.9. The highest BCUT2D eigenvalue weighted by atomic mass is 32.1. The molecule has 2 fully saturated rings. The third kappa shape index (κ3) is 7.18. The fourth-order valence-corrected chi connectivity index (χ4v) is 14.7. The minimum Gasteiger partial charge on any atom is -0.310 e. The standard InChI is InChI=1S/C66H54N2S2/c1-5-17-43(18-6-1)45-29-33-51-55-42-62(68(48-23-11-4-12-24-48)50-32-36-66-60(40-50)54-26-14-16-28-64(54)70-66)58-38-46(44-19-7-2-8-20-44)30-34-52(58)56(55)41-61(57(51)37-45)67(47-21-9-3-10-22-47)49-31-35-65-59(39-49)53-25-13-15-27-63(53)69-65/h3-4,9-16,21-44H,1-2,5-8,17-20H2. The molecule has 12 aromatic rings. The molecule has 340 valence electrons. The lowest BCUT2D eigenvalue weighted by molar-refractivity contribution is 0.444. The van der Waals surface area contributed by atoms with Crippen LogP contribution < -0.4 is 9.80 Å². The number of rotatable bonds is 8. The average molecular weight is 939 g/mol. The highest BCUT2D eigenvalue weighted by Gasteiger charge is 2.26. The molecule has 2 nitrogen and oxygen atoms in total. The number of anilines is 6. The monoisotopic (exact) mass is 938 g/mol. The van der Waals surface area contributed by atoms with Crippen molar-refractivity contribution in [2.75, 3.05) is 9.80 Å². The van der Waals surface area contributed by atoms with Gasteiger partial charge in [0.2, 0.25) is 0 Å². The van der Waals surface area contributed by atoms with E-state index in [1.54, 1.807) is 0 Å². The van der Waals surface area contributed by atoms with Crippen LogP contribution >= 0.6 is 22.7 Å². The van der Waals surface area contributed by atoms with E-state index in [2.05, 4.69) is 204 Å². The Hall–Kier alpha value is -6.98. The van der Waals surface area contributed by atoms with E-state index < -0.39 is 0 Å². The fourth-order valence-electron chi connectivity index (χ4n) is 12.5. The molecule has 10 aromatic carbocycles. The van der Waals surface area contributed by atoms with Crippen molar-refractivity contribution in [2.45, 2.75) is 76.0 Å². The molecule has 0 amide bonds. The number of para-hydroxylation sites is 2. The van der Waals surface area contributed by atoms with Gasteiger partial charge in [-0.25, -0.2) is 0 Å². The lowest BCUT2D eigenvalue weighted by Gasteiger charge is -2.31. The van der Waals surface area contributed by atoms with Crippen molar-refractivity contribution < 1.29 is 0 Å². The maximum absolute atomic E-state index is 2.59. The fraction of sp³-hybridized carbons (Fsp3) is 0.182. The molecular weight excluding hydrogens is 885 g/mol. The molecule has 4 heteroatoms. The van der Waals surface area contributed by atoms with Gasteiger partial charge in [-0.15, -0.1) is 22.7 Å². The summed E-state index contributed by atoms with van der Waals surface area (Å²) < 4.78 is 5.31. The van der Waals surface area contributed by atoms with Crippen molar-refractivity contribution >= 4 is 129 Å². The van der Waals surface area contributed by atoms with Gasteiger partial charge in [-0.1, -0.05) is 136 Å². The normalized spacial score (nSPS) is 15.0. The van der Waals surface area contributed by atoms with Crippen LogP contribution in [0.25, 0.3) is 72.7 Å². The highest BCUT2D eigenvalue weighted by molar-refractivity contribution is 7.26. The van der Waals surface area contributed by atoms with Crippen LogP contribution in [0.4, 0.5) is 34.1 Å². The van der Waals surface area contributed by atoms with Crippen molar-refractivity contribution in [1.29, 1.82) is 0 Å². The molecule has 0 atom stereocenters. The Morgan fingerprint density at radius 3 is 1.11 bits per heavy atom.